The number of thioether (sulfide) groups is 2. The van der Waals surface area contributed by atoms with Gasteiger partial charge in [0.2, 0.25) is 0 Å². The van der Waals surface area contributed by atoms with Crippen LogP contribution in [0.4, 0.5) is 0 Å². The molecule has 0 saturated carbocycles. The number of rotatable bonds is 13. The lowest BCUT2D eigenvalue weighted by Gasteiger charge is -2.11. The van der Waals surface area contributed by atoms with E-state index in [1.165, 1.54) is 0 Å². The molecule has 2 rings (SSSR count). The Kier molecular flexibility index (Phi) is 10.6. The molecule has 146 valence electrons. The minimum atomic E-state index is -0.447. The van der Waals surface area contributed by atoms with Crippen LogP contribution in [0.15, 0.2) is 50.7 Å². The van der Waals surface area contributed by atoms with E-state index in [1.807, 2.05) is 17.5 Å². The number of nitrogens with one attached hydrogen (secondary N) is 2. The Balaban J connectivity index is 1.62. The van der Waals surface area contributed by atoms with Gasteiger partial charge in [-0.15, -0.1) is 11.3 Å². The average Bonchev–Trinajstić information content (AvgIpc) is 3.15. The summed E-state index contributed by atoms with van der Waals surface area (Å²) in [4.78, 5) is 18.9. The number of halogens is 1. The summed E-state index contributed by atoms with van der Waals surface area (Å²) in [7, 11) is 0. The Labute approximate surface area is 179 Å². The van der Waals surface area contributed by atoms with Crippen LogP contribution in [-0.2, 0) is 5.75 Å². The summed E-state index contributed by atoms with van der Waals surface area (Å²) in [6, 6.07) is 3.85. The summed E-state index contributed by atoms with van der Waals surface area (Å²) >= 11 is 8.52. The highest BCUT2D eigenvalue weighted by molar-refractivity contribution is 9.10. The molecule has 0 spiro atoms. The molecule has 11 heteroatoms. The summed E-state index contributed by atoms with van der Waals surface area (Å²) < 4.78 is 2.04. The molecule has 0 bridgehead atoms. The normalized spacial score (nSPS) is 11.4. The molecule has 2 heterocycles. The van der Waals surface area contributed by atoms with Crippen LogP contribution in [0.25, 0.3) is 0 Å². The second-order valence-corrected chi connectivity index (χ2v) is 9.36. The van der Waals surface area contributed by atoms with Crippen LogP contribution in [0, 0.1) is 10.1 Å². The molecule has 0 amide bonds. The second kappa shape index (κ2) is 13.0. The summed E-state index contributed by atoms with van der Waals surface area (Å²) in [5.74, 6) is 2.97. The molecular weight excluding hydrogens is 470 g/mol. The predicted molar refractivity (Wildman–Crippen MR) is 117 cm³/mol. The van der Waals surface area contributed by atoms with E-state index in [4.69, 9.17) is 0 Å². The molecule has 2 N–H and O–H groups in total. The predicted octanol–water partition coefficient (Wildman–Crippen LogP) is 3.97. The van der Waals surface area contributed by atoms with Crippen molar-refractivity contribution in [2.45, 2.75) is 16.5 Å². The standard InChI is InChI=1S/C16H20BrN5O2S3/c17-13-3-1-4-18-14(13)12-25-9-6-20-15(11-22(23)24)19-5-2-8-26-16-21-7-10-27-16/h1,3-4,7,10-11,19-20H,2,5-6,8-9,12H2/b15-11+. The van der Waals surface area contributed by atoms with Gasteiger partial charge in [0.15, 0.2) is 5.82 Å². The van der Waals surface area contributed by atoms with Gasteiger partial charge in [-0.3, -0.25) is 15.1 Å². The Morgan fingerprint density at radius 3 is 2.89 bits per heavy atom. The van der Waals surface area contributed by atoms with Crippen LogP contribution in [0.1, 0.15) is 12.1 Å². The Morgan fingerprint density at radius 2 is 2.15 bits per heavy atom. The van der Waals surface area contributed by atoms with Crippen molar-refractivity contribution in [3.63, 3.8) is 0 Å². The van der Waals surface area contributed by atoms with E-state index in [9.17, 15) is 10.1 Å². The molecule has 7 nitrogen and oxygen atoms in total. The van der Waals surface area contributed by atoms with Crippen LogP contribution < -0.4 is 10.6 Å². The first-order valence-corrected chi connectivity index (χ1v) is 12.0. The van der Waals surface area contributed by atoms with Crippen molar-refractivity contribution in [3.05, 3.63) is 62.2 Å². The van der Waals surface area contributed by atoms with E-state index < -0.39 is 4.92 Å². The molecule has 0 aliphatic carbocycles. The third-order valence-corrected chi connectivity index (χ3v) is 6.89. The van der Waals surface area contributed by atoms with Crippen LogP contribution in [0.2, 0.25) is 0 Å². The van der Waals surface area contributed by atoms with Crippen molar-refractivity contribution in [1.29, 1.82) is 0 Å². The number of hydrogen-bond donors (Lipinski definition) is 2. The van der Waals surface area contributed by atoms with Gasteiger partial charge in [-0.25, -0.2) is 4.98 Å². The van der Waals surface area contributed by atoms with Gasteiger partial charge in [0.1, 0.15) is 4.34 Å². The molecule has 2 aromatic rings. The van der Waals surface area contributed by atoms with Crippen molar-refractivity contribution >= 4 is 50.8 Å². The van der Waals surface area contributed by atoms with Gasteiger partial charge in [0.05, 0.1) is 10.6 Å². The SMILES string of the molecule is O=[N+]([O-])/C=C(\NCCCSc1nccs1)NCCSCc1ncccc1Br. The van der Waals surface area contributed by atoms with E-state index >= 15 is 0 Å². The number of aromatic nitrogens is 2. The number of hydrogen-bond acceptors (Lipinski definition) is 9. The summed E-state index contributed by atoms with van der Waals surface area (Å²) in [6.45, 7) is 1.30. The van der Waals surface area contributed by atoms with Crippen LogP contribution in [0.5, 0.6) is 0 Å². The summed E-state index contributed by atoms with van der Waals surface area (Å²) in [6.07, 6.45) is 5.43. The lowest BCUT2D eigenvalue weighted by atomic mass is 10.4. The van der Waals surface area contributed by atoms with Crippen LogP contribution in [-0.4, -0.2) is 39.5 Å². The fourth-order valence-corrected chi connectivity index (χ4v) is 4.99. The Hall–Kier alpha value is -1.30. The first kappa shape index (κ1) is 22.0. The van der Waals surface area contributed by atoms with Crippen LogP contribution in [0.3, 0.4) is 0 Å². The third kappa shape index (κ3) is 9.45. The zero-order valence-corrected chi connectivity index (χ0v) is 18.5. The maximum Gasteiger partial charge on any atom is 0.274 e. The monoisotopic (exact) mass is 489 g/mol. The van der Waals surface area contributed by atoms with Crippen molar-refractivity contribution < 1.29 is 4.92 Å². The lowest BCUT2D eigenvalue weighted by molar-refractivity contribution is -0.404. The van der Waals surface area contributed by atoms with Gasteiger partial charge in [0, 0.05) is 52.6 Å². The van der Waals surface area contributed by atoms with Crippen molar-refractivity contribution in [3.8, 4) is 0 Å². The van der Waals surface area contributed by atoms with Gasteiger partial charge in [0.25, 0.3) is 6.20 Å². The number of pyridine rings is 1. The zero-order chi connectivity index (χ0) is 19.3. The van der Waals surface area contributed by atoms with Crippen molar-refractivity contribution in [2.24, 2.45) is 0 Å². The summed E-state index contributed by atoms with van der Waals surface area (Å²) in [5, 5.41) is 18.9. The van der Waals surface area contributed by atoms with E-state index in [1.54, 1.807) is 47.3 Å². The largest absolute Gasteiger partial charge is 0.367 e. The Morgan fingerprint density at radius 1 is 1.30 bits per heavy atom. The topological polar surface area (TPSA) is 93.0 Å². The van der Waals surface area contributed by atoms with E-state index in [-0.39, 0.29) is 0 Å². The number of nitrogens with zero attached hydrogens (tertiary/aromatic N) is 3. The molecule has 2 aromatic heterocycles. The molecule has 27 heavy (non-hydrogen) atoms. The van der Waals surface area contributed by atoms with Crippen LogP contribution >= 0.6 is 50.8 Å². The van der Waals surface area contributed by atoms with Gasteiger partial charge in [-0.05, 0) is 34.5 Å². The molecule has 0 unspecified atom stereocenters. The maximum atomic E-state index is 10.8. The molecule has 0 saturated heterocycles. The van der Waals surface area contributed by atoms with Gasteiger partial charge in [-0.1, -0.05) is 11.8 Å². The smallest absolute Gasteiger partial charge is 0.274 e. The highest BCUT2D eigenvalue weighted by Crippen LogP contribution is 2.20. The maximum absolute atomic E-state index is 10.8. The number of nitro groups is 1. The minimum Gasteiger partial charge on any atom is -0.367 e. The Bertz CT molecular complexity index is 731. The lowest BCUT2D eigenvalue weighted by Crippen LogP contribution is -2.29. The highest BCUT2D eigenvalue weighted by Gasteiger charge is 2.04. The molecule has 0 fully saturated rings. The molecule has 0 aliphatic rings. The van der Waals surface area contributed by atoms with E-state index in [2.05, 4.69) is 36.5 Å². The third-order valence-electron chi connectivity index (χ3n) is 3.14. The van der Waals surface area contributed by atoms with E-state index in [0.717, 1.165) is 44.4 Å². The highest BCUT2D eigenvalue weighted by atomic mass is 79.9. The van der Waals surface area contributed by atoms with Gasteiger partial charge < -0.3 is 10.6 Å². The molecule has 0 aromatic carbocycles. The molecule has 0 radical (unpaired) electrons. The molecule has 0 aliphatic heterocycles. The average molecular weight is 490 g/mol. The van der Waals surface area contributed by atoms with Gasteiger partial charge in [-0.2, -0.15) is 11.8 Å². The first-order chi connectivity index (χ1) is 13.1. The second-order valence-electron chi connectivity index (χ2n) is 5.17. The number of thiazole rings is 1. The first-order valence-electron chi connectivity index (χ1n) is 8.17. The molecular formula is C16H20BrN5O2S3. The van der Waals surface area contributed by atoms with Crippen molar-refractivity contribution in [2.75, 3.05) is 24.6 Å². The fraction of sp³-hybridized carbons (Fsp3) is 0.375. The minimum absolute atomic E-state index is 0.443. The fourth-order valence-electron chi connectivity index (χ4n) is 1.95. The zero-order valence-electron chi connectivity index (χ0n) is 14.5. The van der Waals surface area contributed by atoms with Crippen molar-refractivity contribution in [1.82, 2.24) is 20.6 Å². The summed E-state index contributed by atoms with van der Waals surface area (Å²) in [5.41, 5.74) is 0.999. The quantitative estimate of drug-likeness (QED) is 0.189. The molecule has 0 atom stereocenters. The van der Waals surface area contributed by atoms with Gasteiger partial charge >= 0.3 is 0 Å². The van der Waals surface area contributed by atoms with E-state index in [0.29, 0.717) is 18.9 Å².